The van der Waals surface area contributed by atoms with E-state index in [0.29, 0.717) is 16.8 Å². The van der Waals surface area contributed by atoms with Crippen molar-refractivity contribution in [3.8, 4) is 6.07 Å². The summed E-state index contributed by atoms with van der Waals surface area (Å²) in [4.78, 5) is 16.3. The van der Waals surface area contributed by atoms with Crippen molar-refractivity contribution in [1.82, 2.24) is 10.6 Å². The maximum absolute atomic E-state index is 13.7. The van der Waals surface area contributed by atoms with Crippen molar-refractivity contribution in [3.63, 3.8) is 0 Å². The number of hydrogen-bond donors (Lipinski definition) is 2. The predicted octanol–water partition coefficient (Wildman–Crippen LogP) is 1.54. The lowest BCUT2D eigenvalue weighted by atomic mass is 10.0. The maximum Gasteiger partial charge on any atom is 0.247 e. The standard InChI is InChI=1S/C17H19FN4O/c1-11(17(23)22-14-5-6-21-10-14)7-16(20-2)12-3-4-13(9-19)15(18)8-12/h3-4,7-8,14,21H,5-6,10H2,1-2H3,(H,22,23)/b11-7+,20-16?. The summed E-state index contributed by atoms with van der Waals surface area (Å²) < 4.78 is 13.7. The first-order chi connectivity index (χ1) is 11.0. The van der Waals surface area contributed by atoms with E-state index in [1.807, 2.05) is 0 Å². The minimum Gasteiger partial charge on any atom is -0.348 e. The highest BCUT2D eigenvalue weighted by Crippen LogP contribution is 2.12. The van der Waals surface area contributed by atoms with Crippen molar-refractivity contribution in [2.45, 2.75) is 19.4 Å². The van der Waals surface area contributed by atoms with Crippen molar-refractivity contribution in [1.29, 1.82) is 5.26 Å². The molecule has 1 aromatic rings. The van der Waals surface area contributed by atoms with Gasteiger partial charge < -0.3 is 10.6 Å². The van der Waals surface area contributed by atoms with Gasteiger partial charge >= 0.3 is 0 Å². The third kappa shape index (κ3) is 4.24. The van der Waals surface area contributed by atoms with Gasteiger partial charge in [0.25, 0.3) is 0 Å². The summed E-state index contributed by atoms with van der Waals surface area (Å²) in [5, 5.41) is 14.9. The number of benzene rings is 1. The normalized spacial score (nSPS) is 18.6. The van der Waals surface area contributed by atoms with Crippen LogP contribution in [-0.4, -0.2) is 37.8 Å². The average molecular weight is 314 g/mol. The van der Waals surface area contributed by atoms with E-state index in [0.717, 1.165) is 19.5 Å². The van der Waals surface area contributed by atoms with Gasteiger partial charge in [-0.2, -0.15) is 5.26 Å². The van der Waals surface area contributed by atoms with Gasteiger partial charge in [0.15, 0.2) is 0 Å². The fourth-order valence-electron chi connectivity index (χ4n) is 2.39. The van der Waals surface area contributed by atoms with Gasteiger partial charge in [0.1, 0.15) is 11.9 Å². The molecule has 2 N–H and O–H groups in total. The maximum atomic E-state index is 13.7. The SMILES string of the molecule is CN=C(/C=C(\C)C(=O)NC1CCNC1)c1ccc(C#N)c(F)c1. The van der Waals surface area contributed by atoms with Crippen molar-refractivity contribution >= 4 is 11.6 Å². The monoisotopic (exact) mass is 314 g/mol. The lowest BCUT2D eigenvalue weighted by molar-refractivity contribution is -0.118. The number of nitrogens with one attached hydrogen (secondary N) is 2. The molecule has 1 heterocycles. The summed E-state index contributed by atoms with van der Waals surface area (Å²) in [7, 11) is 1.58. The number of rotatable bonds is 4. The molecule has 1 aliphatic rings. The molecule has 0 aliphatic carbocycles. The van der Waals surface area contributed by atoms with E-state index in [2.05, 4.69) is 15.6 Å². The average Bonchev–Trinajstić information content (AvgIpc) is 3.05. The van der Waals surface area contributed by atoms with E-state index < -0.39 is 5.82 Å². The molecule has 1 amide bonds. The van der Waals surface area contributed by atoms with Crippen LogP contribution in [-0.2, 0) is 4.79 Å². The lowest BCUT2D eigenvalue weighted by Crippen LogP contribution is -2.36. The highest BCUT2D eigenvalue weighted by Gasteiger charge is 2.17. The van der Waals surface area contributed by atoms with Gasteiger partial charge in [-0.05, 0) is 38.1 Å². The van der Waals surface area contributed by atoms with Crippen LogP contribution < -0.4 is 10.6 Å². The largest absolute Gasteiger partial charge is 0.348 e. The summed E-state index contributed by atoms with van der Waals surface area (Å²) in [6, 6.07) is 6.19. The summed E-state index contributed by atoms with van der Waals surface area (Å²) in [6.07, 6.45) is 2.53. The fourth-order valence-corrected chi connectivity index (χ4v) is 2.39. The second-order valence-electron chi connectivity index (χ2n) is 5.41. The molecular weight excluding hydrogens is 295 g/mol. The number of nitrogens with zero attached hydrogens (tertiary/aromatic N) is 2. The molecule has 2 rings (SSSR count). The Hall–Kier alpha value is -2.52. The molecule has 0 aromatic heterocycles. The smallest absolute Gasteiger partial charge is 0.247 e. The molecule has 1 atom stereocenters. The zero-order valence-electron chi connectivity index (χ0n) is 13.2. The predicted molar refractivity (Wildman–Crippen MR) is 86.8 cm³/mol. The first kappa shape index (κ1) is 16.8. The summed E-state index contributed by atoms with van der Waals surface area (Å²) in [6.45, 7) is 3.37. The molecule has 1 aliphatic heterocycles. The van der Waals surface area contributed by atoms with Crippen LogP contribution in [0.2, 0.25) is 0 Å². The Morgan fingerprint density at radius 1 is 1.57 bits per heavy atom. The minimum atomic E-state index is -0.598. The molecule has 0 saturated carbocycles. The van der Waals surface area contributed by atoms with Crippen LogP contribution in [0.25, 0.3) is 0 Å². The summed E-state index contributed by atoms with van der Waals surface area (Å²) in [5.41, 5.74) is 1.50. The Kier molecular flexibility index (Phi) is 5.61. The van der Waals surface area contributed by atoms with Gasteiger partial charge in [-0.3, -0.25) is 9.79 Å². The van der Waals surface area contributed by atoms with E-state index >= 15 is 0 Å². The molecule has 0 bridgehead atoms. The zero-order chi connectivity index (χ0) is 16.8. The number of carbonyl (C=O) groups excluding carboxylic acids is 1. The number of nitriles is 1. The van der Waals surface area contributed by atoms with Crippen LogP contribution in [0, 0.1) is 17.1 Å². The number of aliphatic imine (C=N–C) groups is 1. The topological polar surface area (TPSA) is 77.3 Å². The summed E-state index contributed by atoms with van der Waals surface area (Å²) in [5.74, 6) is -0.757. The van der Waals surface area contributed by atoms with Crippen LogP contribution in [0.4, 0.5) is 4.39 Å². The molecule has 120 valence electrons. The molecule has 1 fully saturated rings. The van der Waals surface area contributed by atoms with Crippen molar-refractivity contribution in [3.05, 3.63) is 46.8 Å². The molecular formula is C17H19FN4O. The number of hydrogen-bond acceptors (Lipinski definition) is 4. The fraction of sp³-hybridized carbons (Fsp3) is 0.353. The van der Waals surface area contributed by atoms with E-state index in [1.54, 1.807) is 32.2 Å². The zero-order valence-corrected chi connectivity index (χ0v) is 13.2. The second-order valence-corrected chi connectivity index (χ2v) is 5.41. The Morgan fingerprint density at radius 2 is 2.35 bits per heavy atom. The summed E-state index contributed by atoms with van der Waals surface area (Å²) >= 11 is 0. The van der Waals surface area contributed by atoms with E-state index in [4.69, 9.17) is 5.26 Å². The highest BCUT2D eigenvalue weighted by molar-refractivity contribution is 6.12. The number of amides is 1. The van der Waals surface area contributed by atoms with Crippen LogP contribution >= 0.6 is 0 Å². The minimum absolute atomic E-state index is 0.0172. The van der Waals surface area contributed by atoms with Crippen molar-refractivity contribution in [2.24, 2.45) is 4.99 Å². The molecule has 23 heavy (non-hydrogen) atoms. The molecule has 1 unspecified atom stereocenters. The van der Waals surface area contributed by atoms with E-state index in [-0.39, 0.29) is 17.5 Å². The molecule has 5 nitrogen and oxygen atoms in total. The van der Waals surface area contributed by atoms with E-state index in [9.17, 15) is 9.18 Å². The van der Waals surface area contributed by atoms with Crippen LogP contribution in [0.5, 0.6) is 0 Å². The third-order valence-electron chi connectivity index (χ3n) is 3.73. The molecule has 6 heteroatoms. The first-order valence-electron chi connectivity index (χ1n) is 7.42. The van der Waals surface area contributed by atoms with Gasteiger partial charge in [0.05, 0.1) is 11.3 Å². The number of allylic oxidation sites excluding steroid dienone is 1. The highest BCUT2D eigenvalue weighted by atomic mass is 19.1. The van der Waals surface area contributed by atoms with Gasteiger partial charge in [0, 0.05) is 30.8 Å². The van der Waals surface area contributed by atoms with Gasteiger partial charge in [-0.15, -0.1) is 0 Å². The van der Waals surface area contributed by atoms with Gasteiger partial charge in [-0.1, -0.05) is 6.07 Å². The number of carbonyl (C=O) groups is 1. The quantitative estimate of drug-likeness (QED) is 0.654. The molecule has 1 saturated heterocycles. The molecule has 0 spiro atoms. The Labute approximate surface area is 134 Å². The van der Waals surface area contributed by atoms with Gasteiger partial charge in [-0.25, -0.2) is 4.39 Å². The Morgan fingerprint density at radius 3 is 2.91 bits per heavy atom. The van der Waals surface area contributed by atoms with Crippen molar-refractivity contribution in [2.75, 3.05) is 20.1 Å². The van der Waals surface area contributed by atoms with E-state index in [1.165, 1.54) is 12.1 Å². The van der Waals surface area contributed by atoms with Crippen LogP contribution in [0.1, 0.15) is 24.5 Å². The molecule has 1 aromatic carbocycles. The lowest BCUT2D eigenvalue weighted by Gasteiger charge is -2.12. The Balaban J connectivity index is 2.15. The van der Waals surface area contributed by atoms with Gasteiger partial charge in [0.2, 0.25) is 5.91 Å². The second kappa shape index (κ2) is 7.65. The number of halogens is 1. The molecule has 0 radical (unpaired) electrons. The van der Waals surface area contributed by atoms with Crippen LogP contribution in [0.15, 0.2) is 34.8 Å². The van der Waals surface area contributed by atoms with Crippen LogP contribution in [0.3, 0.4) is 0 Å². The third-order valence-corrected chi connectivity index (χ3v) is 3.73. The van der Waals surface area contributed by atoms with Crippen molar-refractivity contribution < 1.29 is 9.18 Å². The Bertz CT molecular complexity index is 697. The first-order valence-corrected chi connectivity index (χ1v) is 7.42.